The molecule has 0 spiro atoms. The van der Waals surface area contributed by atoms with Crippen molar-refractivity contribution < 1.29 is 37.8 Å². The predicted molar refractivity (Wildman–Crippen MR) is 152 cm³/mol. The highest BCUT2D eigenvalue weighted by Crippen LogP contribution is 2.54. The van der Waals surface area contributed by atoms with E-state index in [2.05, 4.69) is 11.9 Å². The number of morpholine rings is 1. The number of hydrogen-bond donors (Lipinski definition) is 2. The summed E-state index contributed by atoms with van der Waals surface area (Å²) < 4.78 is 42.0. The number of ether oxygens (including phenoxy) is 5. The van der Waals surface area contributed by atoms with Crippen LogP contribution in [0.25, 0.3) is 0 Å². The van der Waals surface area contributed by atoms with E-state index in [1.807, 2.05) is 26.0 Å². The fraction of sp³-hybridized carbons (Fsp3) is 0.464. The lowest BCUT2D eigenvalue weighted by Crippen LogP contribution is -2.62. The quantitative estimate of drug-likeness (QED) is 0.237. The SMILES string of the molecule is [3H][B]SOc1cc(C[C@H](NC)C(=O)N2[C@H]3COC(O)[C@@H]2Cc2c(OCC=C)c(C)c4c(c23)OCO4)cc(C)c1OC. The Morgan fingerprint density at radius 2 is 2.17 bits per heavy atom. The van der Waals surface area contributed by atoms with Crippen molar-refractivity contribution in [3.8, 4) is 28.7 Å². The summed E-state index contributed by atoms with van der Waals surface area (Å²) in [6.07, 6.45) is 1.18. The van der Waals surface area contributed by atoms with Gasteiger partial charge >= 0.3 is 0 Å². The number of nitrogens with one attached hydrogen (secondary N) is 1. The predicted octanol–water partition coefficient (Wildman–Crippen LogP) is 2.42. The minimum atomic E-state index is -1.17. The molecule has 3 aliphatic rings. The van der Waals surface area contributed by atoms with Gasteiger partial charge < -0.3 is 43.2 Å². The van der Waals surface area contributed by atoms with Gasteiger partial charge in [-0.15, -0.1) is 0 Å². The Balaban J connectivity index is 1.51. The van der Waals surface area contributed by atoms with E-state index >= 15 is 0 Å². The third kappa shape index (κ3) is 4.87. The molecule has 10 nitrogen and oxygen atoms in total. The lowest BCUT2D eigenvalue weighted by Gasteiger charge is -2.50. The first-order chi connectivity index (χ1) is 19.8. The number of aliphatic hydroxyl groups is 1. The maximum atomic E-state index is 14.3. The minimum Gasteiger partial charge on any atom is -0.493 e. The number of amides is 1. The zero-order valence-corrected chi connectivity index (χ0v) is 23.8. The van der Waals surface area contributed by atoms with Gasteiger partial charge in [0.25, 0.3) is 0 Å². The number of hydrogen-bond acceptors (Lipinski definition) is 10. The van der Waals surface area contributed by atoms with Crippen LogP contribution >= 0.6 is 11.9 Å². The lowest BCUT2D eigenvalue weighted by molar-refractivity contribution is -0.208. The van der Waals surface area contributed by atoms with Crippen molar-refractivity contribution in [2.75, 3.05) is 34.2 Å². The molecule has 0 aromatic heterocycles. The summed E-state index contributed by atoms with van der Waals surface area (Å²) in [5.41, 5.74) is 4.17. The first kappa shape index (κ1) is 27.1. The third-order valence-electron chi connectivity index (χ3n) is 7.66. The van der Waals surface area contributed by atoms with Crippen molar-refractivity contribution in [3.63, 3.8) is 0 Å². The third-order valence-corrected chi connectivity index (χ3v) is 7.94. The number of likely N-dealkylation sites (N-methyl/N-ethyl adjacent to an activating group) is 1. The molecular weight excluding hydrogens is 535 g/mol. The van der Waals surface area contributed by atoms with Gasteiger partial charge in [0.1, 0.15) is 12.4 Å². The van der Waals surface area contributed by atoms with Crippen molar-refractivity contribution >= 4 is 24.9 Å². The summed E-state index contributed by atoms with van der Waals surface area (Å²) in [5, 5.41) is 14.1. The normalized spacial score (nSPS) is 21.7. The Morgan fingerprint density at radius 3 is 2.90 bits per heavy atom. The highest BCUT2D eigenvalue weighted by Gasteiger charge is 2.50. The van der Waals surface area contributed by atoms with Crippen molar-refractivity contribution in [3.05, 3.63) is 52.6 Å². The highest BCUT2D eigenvalue weighted by molar-refractivity contribution is 8.16. The number of methoxy groups -OCH3 is 1. The number of fused-ring (bicyclic) bond motifs is 6. The van der Waals surface area contributed by atoms with Crippen LogP contribution in [0.2, 0.25) is 0 Å². The molecule has 213 valence electrons. The van der Waals surface area contributed by atoms with E-state index < -0.39 is 24.4 Å². The van der Waals surface area contributed by atoms with E-state index in [-0.39, 0.29) is 19.3 Å². The molecule has 2 aromatic carbocycles. The molecule has 0 saturated carbocycles. The first-order valence-corrected chi connectivity index (χ1v) is 13.8. The summed E-state index contributed by atoms with van der Waals surface area (Å²) >= 11 is 0.875. The van der Waals surface area contributed by atoms with E-state index in [9.17, 15) is 9.90 Å². The second kappa shape index (κ2) is 11.8. The zero-order valence-electron chi connectivity index (χ0n) is 24.0. The Bertz CT molecular complexity index is 1330. The summed E-state index contributed by atoms with van der Waals surface area (Å²) in [4.78, 5) is 16.0. The molecule has 1 fully saturated rings. The van der Waals surface area contributed by atoms with E-state index in [4.69, 9.17) is 29.2 Å². The number of carbonyl (C=O) groups excluding carboxylic acids is 1. The Hall–Kier alpha value is -3.06. The van der Waals surface area contributed by atoms with Gasteiger partial charge in [-0.25, -0.2) is 0 Å². The summed E-state index contributed by atoms with van der Waals surface area (Å²) in [6, 6.07) is 2.00. The second-order valence-corrected chi connectivity index (χ2v) is 10.3. The summed E-state index contributed by atoms with van der Waals surface area (Å²) in [5.74, 6) is 2.70. The van der Waals surface area contributed by atoms with Gasteiger partial charge in [-0.3, -0.25) is 4.79 Å². The van der Waals surface area contributed by atoms with Gasteiger partial charge in [-0.1, -0.05) is 18.7 Å². The molecule has 1 saturated heterocycles. The van der Waals surface area contributed by atoms with Crippen molar-refractivity contribution in [1.29, 1.82) is 1.34 Å². The van der Waals surface area contributed by atoms with Gasteiger partial charge in [0, 0.05) is 23.1 Å². The molecule has 2 N–H and O–H groups in total. The molecular formula is C28H34BN2O8S. The van der Waals surface area contributed by atoms with Gasteiger partial charge in [-0.05, 0) is 57.7 Å². The van der Waals surface area contributed by atoms with Crippen molar-refractivity contribution in [2.24, 2.45) is 0 Å². The molecule has 2 aromatic rings. The number of benzene rings is 2. The molecule has 0 aliphatic carbocycles. The Morgan fingerprint density at radius 1 is 1.38 bits per heavy atom. The topological polar surface area (TPSA) is 108 Å². The monoisotopic (exact) mass is 571 g/mol. The molecule has 12 heteroatoms. The molecule has 40 heavy (non-hydrogen) atoms. The lowest BCUT2D eigenvalue weighted by atomic mass is 9.83. The number of nitrogens with zero attached hydrogens (tertiary/aromatic N) is 1. The highest BCUT2D eigenvalue weighted by atomic mass is 32.2. The molecule has 5 rings (SSSR count). The van der Waals surface area contributed by atoms with Gasteiger partial charge in [0.05, 0.1) is 31.8 Å². The van der Waals surface area contributed by atoms with Gasteiger partial charge in [-0.2, -0.15) is 0 Å². The number of carbonyl (C=O) groups is 1. The maximum Gasteiger partial charge on any atom is 0.241 e. The number of aliphatic hydroxyl groups excluding tert-OH is 1. The van der Waals surface area contributed by atoms with Crippen LogP contribution in [0.1, 0.15) is 33.9 Å². The standard InChI is InChI=1S/C28H34BN2O8S/c1-6-7-35-24-15(3)25-26(38-13-37-25)22-17(24)11-19-28(33)36-12-20(22)31(19)27(32)18(30-4)9-16-8-14(2)23(34-5)21(10-16)39-40-29/h6,8,10,18-20,28-30,33H,1,7,9,11-13H2,2-5H3/t18-,19-,20-,28?/m0/s1/i29T. The fourth-order valence-electron chi connectivity index (χ4n) is 5.97. The fourth-order valence-corrected chi connectivity index (χ4v) is 6.20. The van der Waals surface area contributed by atoms with Crippen LogP contribution in [0, 0.1) is 13.8 Å². The number of rotatable bonds is 11. The Labute approximate surface area is 240 Å². The Kier molecular flexibility index (Phi) is 8.02. The number of aryl methyl sites for hydroxylation is 1. The van der Waals surface area contributed by atoms with Gasteiger partial charge in [0.2, 0.25) is 19.8 Å². The molecule has 3 heterocycles. The summed E-state index contributed by atoms with van der Waals surface area (Å²) in [7, 11) is 4.38. The van der Waals surface area contributed by atoms with Gasteiger partial charge in [0.15, 0.2) is 29.3 Å². The van der Waals surface area contributed by atoms with E-state index in [1.165, 1.54) is 0 Å². The smallest absolute Gasteiger partial charge is 0.241 e. The largest absolute Gasteiger partial charge is 0.493 e. The molecule has 4 atom stereocenters. The summed E-state index contributed by atoms with van der Waals surface area (Å²) in [6.45, 7) is 8.04. The maximum absolute atomic E-state index is 14.3. The molecule has 3 aliphatic heterocycles. The van der Waals surface area contributed by atoms with E-state index in [0.717, 1.165) is 46.8 Å². The second-order valence-electron chi connectivity index (χ2n) is 9.94. The average molecular weight is 571 g/mol. The van der Waals surface area contributed by atoms with Crippen LogP contribution in [-0.2, 0) is 22.4 Å². The van der Waals surface area contributed by atoms with Crippen molar-refractivity contribution in [2.45, 2.75) is 51.1 Å². The van der Waals surface area contributed by atoms with Crippen molar-refractivity contribution in [1.82, 2.24) is 10.2 Å². The van der Waals surface area contributed by atoms with E-state index in [1.54, 1.807) is 25.1 Å². The minimum absolute atomic E-state index is 0.0672. The van der Waals surface area contributed by atoms with Crippen LogP contribution in [0.15, 0.2) is 24.8 Å². The zero-order chi connectivity index (χ0) is 29.3. The average Bonchev–Trinajstić information content (AvgIpc) is 3.46. The molecule has 1 amide bonds. The molecule has 2 bridgehead atoms. The molecule has 1 radical (unpaired) electrons. The van der Waals surface area contributed by atoms with Crippen LogP contribution in [0.3, 0.4) is 0 Å². The van der Waals surface area contributed by atoms with Crippen LogP contribution in [0.5, 0.6) is 28.7 Å². The molecule has 1 unspecified atom stereocenters. The van der Waals surface area contributed by atoms with Crippen LogP contribution < -0.4 is 28.4 Å². The first-order valence-electron chi connectivity index (χ1n) is 13.6. The van der Waals surface area contributed by atoms with Crippen LogP contribution in [-0.4, -0.2) is 76.9 Å². The van der Waals surface area contributed by atoms with E-state index in [0.29, 0.717) is 48.2 Å². The van der Waals surface area contributed by atoms with Crippen LogP contribution in [0.4, 0.5) is 0 Å².